The Kier molecular flexibility index (Phi) is 4.02. The zero-order chi connectivity index (χ0) is 11.4. The molecule has 0 atom stereocenters. The quantitative estimate of drug-likeness (QED) is 0.597. The molecule has 0 unspecified atom stereocenters. The van der Waals surface area contributed by atoms with E-state index in [4.69, 9.17) is 11.6 Å². The third kappa shape index (κ3) is 2.44. The second-order valence-electron chi connectivity index (χ2n) is 2.58. The molecule has 0 N–H and O–H groups in total. The van der Waals surface area contributed by atoms with Gasteiger partial charge in [-0.25, -0.2) is 18.3 Å². The molecule has 4 nitrogen and oxygen atoms in total. The Morgan fingerprint density at radius 2 is 2.40 bits per heavy atom. The summed E-state index contributed by atoms with van der Waals surface area (Å²) in [6.45, 7) is 1.71. The Labute approximate surface area is 89.8 Å². The molecular weight excluding hydrogens is 230 g/mol. The highest BCUT2D eigenvalue weighted by molar-refractivity contribution is 6.15. The SMILES string of the molecule is CCOC(=O)c1cnn(CCl)c1C(F)F. The molecule has 0 spiro atoms. The van der Waals surface area contributed by atoms with Gasteiger partial charge in [-0.2, -0.15) is 5.10 Å². The van der Waals surface area contributed by atoms with Gasteiger partial charge in [0.2, 0.25) is 0 Å². The number of aromatic nitrogens is 2. The standard InChI is InChI=1S/C8H9ClF2N2O2/c1-2-15-8(14)5-3-12-13(4-9)6(5)7(10)11/h3,7H,2,4H2,1H3. The number of carbonyl (C=O) groups is 1. The Morgan fingerprint density at radius 1 is 1.73 bits per heavy atom. The molecule has 0 saturated carbocycles. The van der Waals surface area contributed by atoms with Crippen LogP contribution in [-0.2, 0) is 10.7 Å². The molecule has 0 saturated heterocycles. The van der Waals surface area contributed by atoms with Crippen molar-refractivity contribution in [3.63, 3.8) is 0 Å². The van der Waals surface area contributed by atoms with Crippen LogP contribution in [0.3, 0.4) is 0 Å². The van der Waals surface area contributed by atoms with Crippen LogP contribution < -0.4 is 0 Å². The lowest BCUT2D eigenvalue weighted by Crippen LogP contribution is -2.09. The van der Waals surface area contributed by atoms with Gasteiger partial charge in [0.1, 0.15) is 17.3 Å². The molecule has 0 aliphatic heterocycles. The number of nitrogens with zero attached hydrogens (tertiary/aromatic N) is 2. The van der Waals surface area contributed by atoms with Crippen molar-refractivity contribution >= 4 is 17.6 Å². The predicted molar refractivity (Wildman–Crippen MR) is 49.0 cm³/mol. The van der Waals surface area contributed by atoms with Crippen LogP contribution >= 0.6 is 11.6 Å². The van der Waals surface area contributed by atoms with Crippen molar-refractivity contribution in [2.75, 3.05) is 6.61 Å². The van der Waals surface area contributed by atoms with Gasteiger partial charge in [-0.3, -0.25) is 0 Å². The minimum absolute atomic E-state index is 0.119. The van der Waals surface area contributed by atoms with E-state index in [1.165, 1.54) is 0 Å². The van der Waals surface area contributed by atoms with E-state index in [0.717, 1.165) is 10.9 Å². The number of halogens is 3. The molecule has 0 aliphatic carbocycles. The number of hydrogen-bond acceptors (Lipinski definition) is 3. The highest BCUT2D eigenvalue weighted by Crippen LogP contribution is 2.23. The summed E-state index contributed by atoms with van der Waals surface area (Å²) in [5.74, 6) is -0.816. The zero-order valence-corrected chi connectivity index (χ0v) is 8.67. The average Bonchev–Trinajstić information content (AvgIpc) is 2.61. The Bertz CT molecular complexity index is 354. The highest BCUT2D eigenvalue weighted by atomic mass is 35.5. The van der Waals surface area contributed by atoms with E-state index in [1.54, 1.807) is 6.92 Å². The van der Waals surface area contributed by atoms with Crippen molar-refractivity contribution in [2.45, 2.75) is 19.4 Å². The third-order valence-corrected chi connectivity index (χ3v) is 1.92. The van der Waals surface area contributed by atoms with E-state index in [-0.39, 0.29) is 18.2 Å². The molecule has 0 aliphatic rings. The van der Waals surface area contributed by atoms with E-state index in [1.807, 2.05) is 0 Å². The van der Waals surface area contributed by atoms with Crippen LogP contribution in [0.25, 0.3) is 0 Å². The first-order chi connectivity index (χ1) is 7.11. The lowest BCUT2D eigenvalue weighted by molar-refractivity contribution is 0.0513. The summed E-state index contributed by atoms with van der Waals surface area (Å²) in [6.07, 6.45) is -1.78. The van der Waals surface area contributed by atoms with Crippen molar-refractivity contribution in [1.82, 2.24) is 9.78 Å². The van der Waals surface area contributed by atoms with Crippen molar-refractivity contribution < 1.29 is 18.3 Å². The molecule has 1 rings (SSSR count). The molecule has 84 valence electrons. The topological polar surface area (TPSA) is 44.1 Å². The van der Waals surface area contributed by atoms with Gasteiger partial charge >= 0.3 is 5.97 Å². The second kappa shape index (κ2) is 5.06. The first-order valence-electron chi connectivity index (χ1n) is 4.18. The maximum absolute atomic E-state index is 12.6. The molecule has 15 heavy (non-hydrogen) atoms. The summed E-state index contributed by atoms with van der Waals surface area (Å²) in [5.41, 5.74) is -0.754. The smallest absolute Gasteiger partial charge is 0.341 e. The van der Waals surface area contributed by atoms with E-state index in [9.17, 15) is 13.6 Å². The van der Waals surface area contributed by atoms with E-state index in [2.05, 4.69) is 9.84 Å². The van der Waals surface area contributed by atoms with Crippen molar-refractivity contribution in [3.05, 3.63) is 17.5 Å². The summed E-state index contributed by atoms with van der Waals surface area (Å²) in [5, 5.41) is 3.56. The molecule has 1 aromatic heterocycles. The molecule has 0 amide bonds. The second-order valence-corrected chi connectivity index (χ2v) is 2.82. The molecular formula is C8H9ClF2N2O2. The van der Waals surface area contributed by atoms with Crippen LogP contribution in [0.15, 0.2) is 6.20 Å². The van der Waals surface area contributed by atoms with E-state index in [0.29, 0.717) is 0 Å². The van der Waals surface area contributed by atoms with Gasteiger partial charge in [-0.15, -0.1) is 11.6 Å². The van der Waals surface area contributed by atoms with Crippen LogP contribution in [0.2, 0.25) is 0 Å². The molecule has 1 aromatic rings. The predicted octanol–water partition coefficient (Wildman–Crippen LogP) is 2.19. The molecule has 0 radical (unpaired) electrons. The Hall–Kier alpha value is -1.17. The van der Waals surface area contributed by atoms with Crippen molar-refractivity contribution in [1.29, 1.82) is 0 Å². The average molecular weight is 239 g/mol. The van der Waals surface area contributed by atoms with Gasteiger partial charge in [0.15, 0.2) is 0 Å². The molecule has 7 heteroatoms. The lowest BCUT2D eigenvalue weighted by Gasteiger charge is -2.05. The van der Waals surface area contributed by atoms with Gasteiger partial charge in [0.05, 0.1) is 12.8 Å². The van der Waals surface area contributed by atoms with Crippen LogP contribution in [-0.4, -0.2) is 22.4 Å². The number of hydrogen-bond donors (Lipinski definition) is 0. The van der Waals surface area contributed by atoms with Gasteiger partial charge in [0, 0.05) is 0 Å². The number of alkyl halides is 3. The van der Waals surface area contributed by atoms with Crippen molar-refractivity contribution in [3.8, 4) is 0 Å². The van der Waals surface area contributed by atoms with E-state index >= 15 is 0 Å². The molecule has 0 aromatic carbocycles. The number of ether oxygens (including phenoxy) is 1. The summed E-state index contributed by atoms with van der Waals surface area (Å²) >= 11 is 5.39. The van der Waals surface area contributed by atoms with Crippen molar-refractivity contribution in [2.24, 2.45) is 0 Å². The number of carbonyl (C=O) groups excluding carboxylic acids is 1. The Balaban J connectivity index is 3.07. The highest BCUT2D eigenvalue weighted by Gasteiger charge is 2.24. The molecule has 0 bridgehead atoms. The molecule has 1 heterocycles. The maximum Gasteiger partial charge on any atom is 0.341 e. The van der Waals surface area contributed by atoms with Crippen LogP contribution in [0.4, 0.5) is 8.78 Å². The molecule has 0 fully saturated rings. The lowest BCUT2D eigenvalue weighted by atomic mass is 10.2. The minimum atomic E-state index is -2.81. The first-order valence-corrected chi connectivity index (χ1v) is 4.72. The summed E-state index contributed by atoms with van der Waals surface area (Å²) in [4.78, 5) is 11.2. The number of esters is 1. The van der Waals surface area contributed by atoms with Crippen LogP contribution in [0, 0.1) is 0 Å². The van der Waals surface area contributed by atoms with Crippen LogP contribution in [0.5, 0.6) is 0 Å². The minimum Gasteiger partial charge on any atom is -0.462 e. The monoisotopic (exact) mass is 238 g/mol. The summed E-state index contributed by atoms with van der Waals surface area (Å²) in [6, 6.07) is -0.237. The maximum atomic E-state index is 12.6. The fourth-order valence-electron chi connectivity index (χ4n) is 1.09. The fraction of sp³-hybridized carbons (Fsp3) is 0.500. The largest absolute Gasteiger partial charge is 0.462 e. The van der Waals surface area contributed by atoms with Gasteiger partial charge in [0.25, 0.3) is 6.43 Å². The van der Waals surface area contributed by atoms with Gasteiger partial charge in [-0.05, 0) is 6.92 Å². The first kappa shape index (κ1) is 11.9. The van der Waals surface area contributed by atoms with Gasteiger partial charge in [-0.1, -0.05) is 0 Å². The van der Waals surface area contributed by atoms with E-state index < -0.39 is 18.1 Å². The normalized spacial score (nSPS) is 10.7. The summed E-state index contributed by atoms with van der Waals surface area (Å²) < 4.78 is 30.6. The summed E-state index contributed by atoms with van der Waals surface area (Å²) in [7, 11) is 0. The Morgan fingerprint density at radius 3 is 2.87 bits per heavy atom. The number of rotatable bonds is 4. The zero-order valence-electron chi connectivity index (χ0n) is 7.91. The third-order valence-electron chi connectivity index (χ3n) is 1.70. The van der Waals surface area contributed by atoms with Gasteiger partial charge < -0.3 is 4.74 Å². The van der Waals surface area contributed by atoms with Crippen LogP contribution in [0.1, 0.15) is 29.4 Å². The fourth-order valence-corrected chi connectivity index (χ4v) is 1.28.